The van der Waals surface area contributed by atoms with Gasteiger partial charge in [0.1, 0.15) is 5.65 Å². The van der Waals surface area contributed by atoms with Crippen molar-refractivity contribution in [2.75, 3.05) is 5.32 Å². The Hall–Kier alpha value is -2.08. The fourth-order valence-electron chi connectivity index (χ4n) is 2.11. The standard InChI is InChI=1S/C14H13ClN4O/c15-10-4-5-19-12(8-17-13(19)7-10)9-2-1-3-11(6-9)18-14(16)20/h1-8,14,18,20H,16H2. The van der Waals surface area contributed by atoms with Crippen molar-refractivity contribution in [3.05, 3.63) is 53.8 Å². The van der Waals surface area contributed by atoms with Gasteiger partial charge < -0.3 is 10.4 Å². The first-order chi connectivity index (χ1) is 9.63. The van der Waals surface area contributed by atoms with Gasteiger partial charge in [-0.05, 0) is 18.2 Å². The van der Waals surface area contributed by atoms with Crippen molar-refractivity contribution in [1.82, 2.24) is 9.38 Å². The summed E-state index contributed by atoms with van der Waals surface area (Å²) in [7, 11) is 0. The zero-order valence-corrected chi connectivity index (χ0v) is 11.2. The van der Waals surface area contributed by atoms with Crippen LogP contribution >= 0.6 is 11.6 Å². The molecule has 2 heterocycles. The Bertz CT molecular complexity index is 754. The number of anilines is 1. The summed E-state index contributed by atoms with van der Waals surface area (Å²) < 4.78 is 1.95. The molecule has 20 heavy (non-hydrogen) atoms. The van der Waals surface area contributed by atoms with Gasteiger partial charge in [0.05, 0.1) is 11.9 Å². The van der Waals surface area contributed by atoms with Crippen molar-refractivity contribution in [3.63, 3.8) is 0 Å². The Kier molecular flexibility index (Phi) is 3.31. The van der Waals surface area contributed by atoms with Gasteiger partial charge in [-0.15, -0.1) is 0 Å². The number of imidazole rings is 1. The lowest BCUT2D eigenvalue weighted by Crippen LogP contribution is -2.28. The number of nitrogens with two attached hydrogens (primary N) is 1. The molecule has 5 nitrogen and oxygen atoms in total. The third kappa shape index (κ3) is 2.46. The molecule has 0 aliphatic carbocycles. The molecule has 0 aliphatic heterocycles. The number of aromatic nitrogens is 2. The average Bonchev–Trinajstić information content (AvgIpc) is 2.81. The predicted octanol–water partition coefficient (Wildman–Crippen LogP) is 2.30. The van der Waals surface area contributed by atoms with Gasteiger partial charge in [0.2, 0.25) is 0 Å². The van der Waals surface area contributed by atoms with Crippen molar-refractivity contribution in [1.29, 1.82) is 0 Å². The van der Waals surface area contributed by atoms with Crippen molar-refractivity contribution < 1.29 is 5.11 Å². The zero-order valence-electron chi connectivity index (χ0n) is 10.5. The van der Waals surface area contributed by atoms with Crippen LogP contribution in [0.1, 0.15) is 0 Å². The maximum Gasteiger partial charge on any atom is 0.178 e. The van der Waals surface area contributed by atoms with Crippen LogP contribution in [0, 0.1) is 0 Å². The molecule has 1 aromatic carbocycles. The van der Waals surface area contributed by atoms with E-state index in [0.717, 1.165) is 22.6 Å². The van der Waals surface area contributed by atoms with E-state index in [-0.39, 0.29) is 0 Å². The van der Waals surface area contributed by atoms with E-state index in [9.17, 15) is 0 Å². The molecule has 0 fully saturated rings. The second kappa shape index (κ2) is 5.13. The summed E-state index contributed by atoms with van der Waals surface area (Å²) in [5.41, 5.74) is 8.73. The Morgan fingerprint density at radius 3 is 2.95 bits per heavy atom. The molecule has 4 N–H and O–H groups in total. The first-order valence-corrected chi connectivity index (χ1v) is 6.44. The first kappa shape index (κ1) is 12.9. The quantitative estimate of drug-likeness (QED) is 0.647. The lowest BCUT2D eigenvalue weighted by atomic mass is 10.1. The van der Waals surface area contributed by atoms with Gasteiger partial charge in [0.25, 0.3) is 0 Å². The molecule has 0 saturated heterocycles. The molecule has 1 atom stereocenters. The number of pyridine rings is 1. The largest absolute Gasteiger partial charge is 0.361 e. The summed E-state index contributed by atoms with van der Waals surface area (Å²) in [4.78, 5) is 4.33. The molecule has 0 saturated carbocycles. The van der Waals surface area contributed by atoms with E-state index >= 15 is 0 Å². The first-order valence-electron chi connectivity index (χ1n) is 6.07. The molecule has 0 radical (unpaired) electrons. The summed E-state index contributed by atoms with van der Waals surface area (Å²) >= 11 is 5.95. The highest BCUT2D eigenvalue weighted by Crippen LogP contribution is 2.24. The molecule has 102 valence electrons. The number of aliphatic hydroxyl groups excluding tert-OH is 1. The van der Waals surface area contributed by atoms with Gasteiger partial charge in [0, 0.05) is 28.5 Å². The SMILES string of the molecule is NC(O)Nc1cccc(-c2cnc3cc(Cl)ccn23)c1. The molecule has 3 rings (SSSR count). The van der Waals surface area contributed by atoms with Crippen molar-refractivity contribution in [2.24, 2.45) is 5.73 Å². The normalized spacial score (nSPS) is 12.6. The Morgan fingerprint density at radius 1 is 1.30 bits per heavy atom. The summed E-state index contributed by atoms with van der Waals surface area (Å²) in [6.07, 6.45) is 2.56. The van der Waals surface area contributed by atoms with Gasteiger partial charge in [0.15, 0.2) is 6.35 Å². The minimum Gasteiger partial charge on any atom is -0.361 e. The molecule has 0 aliphatic rings. The second-order valence-electron chi connectivity index (χ2n) is 4.39. The average molecular weight is 289 g/mol. The van der Waals surface area contributed by atoms with Crippen LogP contribution in [0.5, 0.6) is 0 Å². The fourth-order valence-corrected chi connectivity index (χ4v) is 2.26. The lowest BCUT2D eigenvalue weighted by molar-refractivity contribution is 0.212. The lowest BCUT2D eigenvalue weighted by Gasteiger charge is -2.10. The monoisotopic (exact) mass is 288 g/mol. The highest BCUT2D eigenvalue weighted by atomic mass is 35.5. The minimum absolute atomic E-state index is 0.649. The number of nitrogens with zero attached hydrogens (tertiary/aromatic N) is 2. The van der Waals surface area contributed by atoms with Gasteiger partial charge in [-0.1, -0.05) is 23.7 Å². The number of halogens is 1. The fraction of sp³-hybridized carbons (Fsp3) is 0.0714. The van der Waals surface area contributed by atoms with E-state index in [1.807, 2.05) is 40.9 Å². The highest BCUT2D eigenvalue weighted by Gasteiger charge is 2.07. The van der Waals surface area contributed by atoms with E-state index in [4.69, 9.17) is 22.4 Å². The van der Waals surface area contributed by atoms with Crippen LogP contribution in [0.4, 0.5) is 5.69 Å². The molecule has 2 aromatic heterocycles. The Morgan fingerprint density at radius 2 is 2.15 bits per heavy atom. The molecule has 0 bridgehead atoms. The number of benzene rings is 1. The number of hydrogen-bond donors (Lipinski definition) is 3. The van der Waals surface area contributed by atoms with E-state index in [0.29, 0.717) is 5.02 Å². The van der Waals surface area contributed by atoms with Crippen molar-refractivity contribution >= 4 is 22.9 Å². The van der Waals surface area contributed by atoms with Crippen LogP contribution in [0.2, 0.25) is 5.02 Å². The number of fused-ring (bicyclic) bond motifs is 1. The van der Waals surface area contributed by atoms with Crippen LogP contribution in [-0.2, 0) is 0 Å². The van der Waals surface area contributed by atoms with Crippen molar-refractivity contribution in [3.8, 4) is 11.3 Å². The number of rotatable bonds is 3. The van der Waals surface area contributed by atoms with Crippen LogP contribution in [0.15, 0.2) is 48.8 Å². The van der Waals surface area contributed by atoms with Gasteiger partial charge >= 0.3 is 0 Å². The number of nitrogens with one attached hydrogen (secondary N) is 1. The highest BCUT2D eigenvalue weighted by molar-refractivity contribution is 6.30. The predicted molar refractivity (Wildman–Crippen MR) is 79.5 cm³/mol. The van der Waals surface area contributed by atoms with Crippen LogP contribution in [0.3, 0.4) is 0 Å². The molecule has 1 unspecified atom stereocenters. The molecule has 0 spiro atoms. The van der Waals surface area contributed by atoms with Gasteiger partial charge in [-0.2, -0.15) is 0 Å². The van der Waals surface area contributed by atoms with E-state index in [2.05, 4.69) is 10.3 Å². The van der Waals surface area contributed by atoms with Gasteiger partial charge in [-0.25, -0.2) is 4.98 Å². The van der Waals surface area contributed by atoms with E-state index in [1.165, 1.54) is 0 Å². The number of aliphatic hydroxyl groups is 1. The molecule has 6 heteroatoms. The molecule has 3 aromatic rings. The second-order valence-corrected chi connectivity index (χ2v) is 4.82. The van der Waals surface area contributed by atoms with Crippen LogP contribution in [-0.4, -0.2) is 20.8 Å². The van der Waals surface area contributed by atoms with E-state index < -0.39 is 6.35 Å². The summed E-state index contributed by atoms with van der Waals surface area (Å²) in [6.45, 7) is 0. The maximum atomic E-state index is 9.16. The molecular weight excluding hydrogens is 276 g/mol. The van der Waals surface area contributed by atoms with Gasteiger partial charge in [-0.3, -0.25) is 10.1 Å². The Balaban J connectivity index is 2.06. The van der Waals surface area contributed by atoms with E-state index in [1.54, 1.807) is 12.3 Å². The third-order valence-electron chi connectivity index (χ3n) is 2.95. The van der Waals surface area contributed by atoms with Crippen molar-refractivity contribution in [2.45, 2.75) is 6.35 Å². The topological polar surface area (TPSA) is 75.6 Å². The van der Waals surface area contributed by atoms with Crippen LogP contribution < -0.4 is 11.1 Å². The Labute approximate surface area is 120 Å². The van der Waals surface area contributed by atoms with Crippen LogP contribution in [0.25, 0.3) is 16.9 Å². The summed E-state index contributed by atoms with van der Waals surface area (Å²) in [5, 5.41) is 12.6. The number of hydrogen-bond acceptors (Lipinski definition) is 4. The smallest absolute Gasteiger partial charge is 0.178 e. The third-order valence-corrected chi connectivity index (χ3v) is 3.18. The summed E-state index contributed by atoms with van der Waals surface area (Å²) in [5.74, 6) is 0. The molecule has 0 amide bonds. The molecular formula is C14H13ClN4O. The minimum atomic E-state index is -1.09. The maximum absolute atomic E-state index is 9.16. The summed E-state index contributed by atoms with van der Waals surface area (Å²) in [6, 6.07) is 11.2. The zero-order chi connectivity index (χ0) is 14.1.